The van der Waals surface area contributed by atoms with E-state index in [1.807, 2.05) is 24.3 Å². The van der Waals surface area contributed by atoms with Crippen LogP contribution < -0.4 is 0 Å². The summed E-state index contributed by atoms with van der Waals surface area (Å²) in [6.07, 6.45) is 1.78. The minimum Gasteiger partial charge on any atom is -0.507 e. The molecule has 0 saturated heterocycles. The molecule has 77 valence electrons. The molecule has 3 rings (SSSR count). The van der Waals surface area contributed by atoms with Gasteiger partial charge in [-0.25, -0.2) is 0 Å². The highest BCUT2D eigenvalue weighted by molar-refractivity contribution is 5.84. The molecule has 0 spiro atoms. The third kappa shape index (κ3) is 1.34. The Hall–Kier alpha value is -2.29. The first-order chi connectivity index (χ1) is 7.84. The van der Waals surface area contributed by atoms with Crippen LogP contribution in [0.2, 0.25) is 0 Å². The Balaban J connectivity index is 2.22. The van der Waals surface area contributed by atoms with Gasteiger partial charge in [-0.1, -0.05) is 24.3 Å². The van der Waals surface area contributed by atoms with Crippen LogP contribution in [0, 0.1) is 6.07 Å². The van der Waals surface area contributed by atoms with Gasteiger partial charge in [0.05, 0.1) is 11.7 Å². The van der Waals surface area contributed by atoms with Gasteiger partial charge in [-0.15, -0.1) is 0 Å². The lowest BCUT2D eigenvalue weighted by molar-refractivity contribution is 0.477. The number of benzene rings is 2. The highest BCUT2D eigenvalue weighted by Gasteiger charge is 2.04. The third-order valence-corrected chi connectivity index (χ3v) is 2.60. The first-order valence-electron chi connectivity index (χ1n) is 4.97. The summed E-state index contributed by atoms with van der Waals surface area (Å²) in [4.78, 5) is 0. The van der Waals surface area contributed by atoms with E-state index in [-0.39, 0.29) is 5.75 Å². The molecule has 0 aliphatic carbocycles. The fourth-order valence-corrected chi connectivity index (χ4v) is 1.77. The molecule has 1 radical (unpaired) electrons. The average Bonchev–Trinajstić information content (AvgIpc) is 2.76. The molecule has 1 heterocycles. The molecule has 1 aromatic heterocycles. The largest absolute Gasteiger partial charge is 0.507 e. The number of aromatic amines is 1. The zero-order valence-corrected chi connectivity index (χ0v) is 8.44. The number of rotatable bonds is 1. The van der Waals surface area contributed by atoms with Gasteiger partial charge in [-0.05, 0) is 23.8 Å². The molecule has 0 fully saturated rings. The number of nitrogens with one attached hydrogen (secondary N) is 1. The van der Waals surface area contributed by atoms with Gasteiger partial charge in [0.1, 0.15) is 5.75 Å². The molecule has 3 aromatic rings. The van der Waals surface area contributed by atoms with Crippen molar-refractivity contribution in [1.82, 2.24) is 10.2 Å². The summed E-state index contributed by atoms with van der Waals surface area (Å²) >= 11 is 0. The molecule has 0 saturated carbocycles. The quantitative estimate of drug-likeness (QED) is 0.647. The number of fused-ring (bicyclic) bond motifs is 1. The van der Waals surface area contributed by atoms with Gasteiger partial charge < -0.3 is 5.11 Å². The number of aromatic nitrogens is 2. The summed E-state index contributed by atoms with van der Waals surface area (Å²) in [5, 5.41) is 17.7. The highest BCUT2D eigenvalue weighted by Crippen LogP contribution is 2.29. The van der Waals surface area contributed by atoms with Crippen molar-refractivity contribution in [3.8, 4) is 16.9 Å². The monoisotopic (exact) mass is 209 g/mol. The number of hydrogen-bond donors (Lipinski definition) is 2. The summed E-state index contributed by atoms with van der Waals surface area (Å²) in [5.41, 5.74) is 2.73. The molecule has 2 aromatic carbocycles. The second-order valence-electron chi connectivity index (χ2n) is 3.62. The molecular formula is C13H9N2O. The van der Waals surface area contributed by atoms with Gasteiger partial charge in [0, 0.05) is 10.9 Å². The number of H-pyrrole nitrogens is 1. The van der Waals surface area contributed by atoms with Crippen LogP contribution in [0.25, 0.3) is 22.0 Å². The van der Waals surface area contributed by atoms with E-state index in [0.717, 1.165) is 22.0 Å². The third-order valence-electron chi connectivity index (χ3n) is 2.60. The topological polar surface area (TPSA) is 48.9 Å². The number of aromatic hydroxyl groups is 1. The Kier molecular flexibility index (Phi) is 1.90. The Bertz CT molecular complexity index is 643. The summed E-state index contributed by atoms with van der Waals surface area (Å²) in [5.74, 6) is 0.237. The van der Waals surface area contributed by atoms with E-state index in [9.17, 15) is 5.11 Å². The number of hydrogen-bond acceptors (Lipinski definition) is 2. The van der Waals surface area contributed by atoms with Crippen LogP contribution in [0.5, 0.6) is 5.75 Å². The molecule has 0 atom stereocenters. The average molecular weight is 209 g/mol. The van der Waals surface area contributed by atoms with Gasteiger partial charge in [-0.3, -0.25) is 5.10 Å². The number of phenolic OH excluding ortho intramolecular Hbond substituents is 1. The van der Waals surface area contributed by atoms with Crippen molar-refractivity contribution in [2.45, 2.75) is 0 Å². The van der Waals surface area contributed by atoms with E-state index in [1.165, 1.54) is 0 Å². The maximum atomic E-state index is 9.73. The van der Waals surface area contributed by atoms with Gasteiger partial charge in [0.2, 0.25) is 0 Å². The predicted molar refractivity (Wildman–Crippen MR) is 62.0 cm³/mol. The normalized spacial score (nSPS) is 10.8. The highest BCUT2D eigenvalue weighted by atomic mass is 16.3. The van der Waals surface area contributed by atoms with E-state index < -0.39 is 0 Å². The van der Waals surface area contributed by atoms with Crippen molar-refractivity contribution < 1.29 is 5.11 Å². The predicted octanol–water partition coefficient (Wildman–Crippen LogP) is 2.74. The minimum absolute atomic E-state index is 0.237. The summed E-state index contributed by atoms with van der Waals surface area (Å²) in [6, 6.07) is 13.9. The van der Waals surface area contributed by atoms with Crippen molar-refractivity contribution >= 4 is 10.9 Å². The lowest BCUT2D eigenvalue weighted by Gasteiger charge is -2.03. The molecule has 3 heteroatoms. The zero-order chi connectivity index (χ0) is 11.0. The molecule has 0 bridgehead atoms. The Morgan fingerprint density at radius 1 is 1.25 bits per heavy atom. The molecule has 0 unspecified atom stereocenters. The molecule has 3 nitrogen and oxygen atoms in total. The SMILES string of the molecule is Oc1c[c]ccc1-c1ccc2cn[nH]c2c1. The van der Waals surface area contributed by atoms with E-state index >= 15 is 0 Å². The smallest absolute Gasteiger partial charge is 0.124 e. The van der Waals surface area contributed by atoms with Crippen molar-refractivity contribution in [3.05, 3.63) is 48.7 Å². The number of phenols is 1. The molecule has 0 amide bonds. The molecule has 16 heavy (non-hydrogen) atoms. The fourth-order valence-electron chi connectivity index (χ4n) is 1.77. The van der Waals surface area contributed by atoms with Crippen molar-refractivity contribution in [2.24, 2.45) is 0 Å². The van der Waals surface area contributed by atoms with Crippen molar-refractivity contribution in [2.75, 3.05) is 0 Å². The second-order valence-corrected chi connectivity index (χ2v) is 3.62. The van der Waals surface area contributed by atoms with Crippen LogP contribution in [0.1, 0.15) is 0 Å². The van der Waals surface area contributed by atoms with Gasteiger partial charge >= 0.3 is 0 Å². The maximum absolute atomic E-state index is 9.73. The summed E-state index contributed by atoms with van der Waals surface area (Å²) < 4.78 is 0. The molecule has 0 aliphatic rings. The summed E-state index contributed by atoms with van der Waals surface area (Å²) in [6.45, 7) is 0. The number of nitrogens with zero attached hydrogens (tertiary/aromatic N) is 1. The Morgan fingerprint density at radius 3 is 3.06 bits per heavy atom. The summed E-state index contributed by atoms with van der Waals surface area (Å²) in [7, 11) is 0. The van der Waals surface area contributed by atoms with Crippen LogP contribution in [0.3, 0.4) is 0 Å². The van der Waals surface area contributed by atoms with E-state index in [2.05, 4.69) is 16.3 Å². The van der Waals surface area contributed by atoms with Crippen LogP contribution in [0.15, 0.2) is 42.6 Å². The standard InChI is InChI=1S/C13H9N2O/c16-13-4-2-1-3-11(13)9-5-6-10-8-14-15-12(10)7-9/h1,3-8,16H,(H,14,15). The van der Waals surface area contributed by atoms with Crippen LogP contribution in [-0.4, -0.2) is 15.3 Å². The van der Waals surface area contributed by atoms with Crippen LogP contribution in [-0.2, 0) is 0 Å². The first-order valence-corrected chi connectivity index (χ1v) is 4.97. The van der Waals surface area contributed by atoms with Crippen molar-refractivity contribution in [1.29, 1.82) is 0 Å². The minimum atomic E-state index is 0.237. The van der Waals surface area contributed by atoms with Crippen LogP contribution in [0.4, 0.5) is 0 Å². The fraction of sp³-hybridized carbons (Fsp3) is 0. The maximum Gasteiger partial charge on any atom is 0.124 e. The van der Waals surface area contributed by atoms with Gasteiger partial charge in [0.25, 0.3) is 0 Å². The first kappa shape index (κ1) is 8.97. The second kappa shape index (κ2) is 3.38. The van der Waals surface area contributed by atoms with Gasteiger partial charge in [-0.2, -0.15) is 5.10 Å². The van der Waals surface area contributed by atoms with E-state index in [0.29, 0.717) is 0 Å². The Labute approximate surface area is 92.4 Å². The molecular weight excluding hydrogens is 200 g/mol. The van der Waals surface area contributed by atoms with Crippen LogP contribution >= 0.6 is 0 Å². The molecule has 0 aliphatic heterocycles. The van der Waals surface area contributed by atoms with E-state index in [1.54, 1.807) is 18.3 Å². The van der Waals surface area contributed by atoms with Crippen molar-refractivity contribution in [3.63, 3.8) is 0 Å². The van der Waals surface area contributed by atoms with E-state index in [4.69, 9.17) is 0 Å². The zero-order valence-electron chi connectivity index (χ0n) is 8.44. The molecule has 2 N–H and O–H groups in total. The lowest BCUT2D eigenvalue weighted by Crippen LogP contribution is -1.79. The van der Waals surface area contributed by atoms with Gasteiger partial charge in [0.15, 0.2) is 0 Å². The lowest BCUT2D eigenvalue weighted by atomic mass is 10.0. The Morgan fingerprint density at radius 2 is 2.19 bits per heavy atom.